The van der Waals surface area contributed by atoms with Crippen molar-refractivity contribution >= 4 is 33.3 Å². The molecule has 3 rings (SSSR count). The van der Waals surface area contributed by atoms with Crippen LogP contribution in [0.25, 0.3) is 10.9 Å². The molecule has 0 aliphatic carbocycles. The zero-order chi connectivity index (χ0) is 16.6. The summed E-state index contributed by atoms with van der Waals surface area (Å²) < 4.78 is 1.53. The number of rotatable bonds is 3. The van der Waals surface area contributed by atoms with Gasteiger partial charge in [0.25, 0.3) is 5.56 Å². The molecule has 0 saturated carbocycles. The quantitative estimate of drug-likeness (QED) is 0.803. The fourth-order valence-electron chi connectivity index (χ4n) is 2.61. The molecule has 0 bridgehead atoms. The molecule has 1 atom stereocenters. The van der Waals surface area contributed by atoms with Crippen molar-refractivity contribution in [1.29, 1.82) is 0 Å². The molecule has 2 heterocycles. The minimum Gasteiger partial charge on any atom is -0.300 e. The van der Waals surface area contributed by atoms with Gasteiger partial charge in [0.1, 0.15) is 6.04 Å². The molecule has 118 valence electrons. The predicted molar refractivity (Wildman–Crippen MR) is 93.1 cm³/mol. The number of fused-ring (bicyclic) bond motifs is 1. The topological polar surface area (TPSA) is 64.0 Å². The van der Waals surface area contributed by atoms with E-state index in [-0.39, 0.29) is 11.5 Å². The number of benzene rings is 1. The fraction of sp³-hybridized carbons (Fsp3) is 0.235. The van der Waals surface area contributed by atoms with Gasteiger partial charge in [-0.1, -0.05) is 18.2 Å². The predicted octanol–water partition coefficient (Wildman–Crippen LogP) is 3.27. The summed E-state index contributed by atoms with van der Waals surface area (Å²) in [5.74, 6) is -0.254. The minimum absolute atomic E-state index is 0.181. The van der Waals surface area contributed by atoms with E-state index in [0.29, 0.717) is 5.13 Å². The normalized spacial score (nSPS) is 12.3. The number of aryl methyl sites for hydroxylation is 2. The number of carbonyl (C=O) groups excluding carboxylic acids is 1. The standard InChI is InChI=1S/C17H17N3O2S/c1-10-8-15(21)20(14-7-5-4-6-13(10)14)12(3)16(22)19-17-18-11(2)9-23-17/h4-9,12H,1-3H3,(H,18,19,22). The highest BCUT2D eigenvalue weighted by Gasteiger charge is 2.20. The van der Waals surface area contributed by atoms with Gasteiger partial charge in [0.15, 0.2) is 5.13 Å². The maximum Gasteiger partial charge on any atom is 0.252 e. The van der Waals surface area contributed by atoms with Gasteiger partial charge in [-0.3, -0.25) is 14.2 Å². The van der Waals surface area contributed by atoms with Gasteiger partial charge >= 0.3 is 0 Å². The largest absolute Gasteiger partial charge is 0.300 e. The molecule has 0 radical (unpaired) electrons. The highest BCUT2D eigenvalue weighted by atomic mass is 32.1. The molecule has 0 aliphatic rings. The Hall–Kier alpha value is -2.47. The molecule has 6 heteroatoms. The van der Waals surface area contributed by atoms with Crippen molar-refractivity contribution in [3.63, 3.8) is 0 Å². The van der Waals surface area contributed by atoms with Crippen LogP contribution >= 0.6 is 11.3 Å². The lowest BCUT2D eigenvalue weighted by Crippen LogP contribution is -2.31. The number of hydrogen-bond donors (Lipinski definition) is 1. The van der Waals surface area contributed by atoms with E-state index in [1.54, 1.807) is 13.0 Å². The number of aromatic nitrogens is 2. The number of nitrogens with one attached hydrogen (secondary N) is 1. The summed E-state index contributed by atoms with van der Waals surface area (Å²) in [7, 11) is 0. The van der Waals surface area contributed by atoms with E-state index in [2.05, 4.69) is 10.3 Å². The van der Waals surface area contributed by atoms with E-state index in [0.717, 1.165) is 22.2 Å². The van der Waals surface area contributed by atoms with Gasteiger partial charge in [-0.15, -0.1) is 11.3 Å². The van der Waals surface area contributed by atoms with Crippen molar-refractivity contribution in [2.24, 2.45) is 0 Å². The molecule has 2 aromatic heterocycles. The number of para-hydroxylation sites is 1. The first-order chi connectivity index (χ1) is 11.0. The maximum atomic E-state index is 12.5. The number of anilines is 1. The summed E-state index contributed by atoms with van der Waals surface area (Å²) >= 11 is 1.37. The van der Waals surface area contributed by atoms with Crippen molar-refractivity contribution < 1.29 is 4.79 Å². The molecule has 1 unspecified atom stereocenters. The number of amides is 1. The van der Waals surface area contributed by atoms with Gasteiger partial charge in [0, 0.05) is 16.8 Å². The lowest BCUT2D eigenvalue weighted by molar-refractivity contribution is -0.118. The first kappa shape index (κ1) is 15.4. The van der Waals surface area contributed by atoms with Crippen molar-refractivity contribution in [2.45, 2.75) is 26.8 Å². The average Bonchev–Trinajstić information content (AvgIpc) is 2.92. The Morgan fingerprint density at radius 1 is 1.30 bits per heavy atom. The fourth-order valence-corrected chi connectivity index (χ4v) is 3.30. The Kier molecular flexibility index (Phi) is 4.00. The smallest absolute Gasteiger partial charge is 0.252 e. The van der Waals surface area contributed by atoms with Crippen LogP contribution in [0.2, 0.25) is 0 Å². The zero-order valence-electron chi connectivity index (χ0n) is 13.2. The Balaban J connectivity index is 2.02. The van der Waals surface area contributed by atoms with E-state index in [1.807, 2.05) is 43.5 Å². The monoisotopic (exact) mass is 327 g/mol. The molecule has 0 fully saturated rings. The van der Waals surface area contributed by atoms with Crippen LogP contribution in [0.4, 0.5) is 5.13 Å². The molecule has 3 aromatic rings. The summed E-state index contributed by atoms with van der Waals surface area (Å²) in [6, 6.07) is 8.55. The summed E-state index contributed by atoms with van der Waals surface area (Å²) in [5, 5.41) is 6.16. The molecular formula is C17H17N3O2S. The summed E-state index contributed by atoms with van der Waals surface area (Å²) in [4.78, 5) is 29.2. The number of pyridine rings is 1. The molecule has 5 nitrogen and oxygen atoms in total. The summed E-state index contributed by atoms with van der Waals surface area (Å²) in [5.41, 5.74) is 2.34. The van der Waals surface area contributed by atoms with Crippen molar-refractivity contribution in [1.82, 2.24) is 9.55 Å². The van der Waals surface area contributed by atoms with E-state index in [1.165, 1.54) is 15.9 Å². The van der Waals surface area contributed by atoms with Gasteiger partial charge in [0.2, 0.25) is 5.91 Å². The first-order valence-corrected chi connectivity index (χ1v) is 8.19. The van der Waals surface area contributed by atoms with Crippen LogP contribution < -0.4 is 10.9 Å². The number of carbonyl (C=O) groups is 1. The van der Waals surface area contributed by atoms with E-state index >= 15 is 0 Å². The van der Waals surface area contributed by atoms with Crippen LogP contribution in [0.3, 0.4) is 0 Å². The molecule has 0 spiro atoms. The number of nitrogens with zero attached hydrogens (tertiary/aromatic N) is 2. The first-order valence-electron chi connectivity index (χ1n) is 7.31. The average molecular weight is 327 g/mol. The summed E-state index contributed by atoms with van der Waals surface area (Å²) in [6.45, 7) is 5.49. The van der Waals surface area contributed by atoms with Crippen LogP contribution in [0.5, 0.6) is 0 Å². The second-order valence-electron chi connectivity index (χ2n) is 5.51. The molecule has 1 N–H and O–H groups in total. The third-order valence-electron chi connectivity index (χ3n) is 3.78. The minimum atomic E-state index is -0.628. The van der Waals surface area contributed by atoms with Crippen molar-refractivity contribution in [3.05, 3.63) is 57.3 Å². The van der Waals surface area contributed by atoms with Crippen LogP contribution in [0, 0.1) is 13.8 Å². The summed E-state index contributed by atoms with van der Waals surface area (Å²) in [6.07, 6.45) is 0. The van der Waals surface area contributed by atoms with Gasteiger partial charge in [-0.05, 0) is 32.4 Å². The van der Waals surface area contributed by atoms with Gasteiger partial charge in [0.05, 0.1) is 11.2 Å². The van der Waals surface area contributed by atoms with E-state index in [4.69, 9.17) is 0 Å². The second-order valence-corrected chi connectivity index (χ2v) is 6.37. The Labute approximate surface area is 137 Å². The van der Waals surface area contributed by atoms with Gasteiger partial charge in [-0.25, -0.2) is 4.98 Å². The third-order valence-corrected chi connectivity index (χ3v) is 4.66. The van der Waals surface area contributed by atoms with Crippen molar-refractivity contribution in [3.8, 4) is 0 Å². The van der Waals surface area contributed by atoms with Crippen LogP contribution in [0.1, 0.15) is 24.2 Å². The molecular weight excluding hydrogens is 310 g/mol. The zero-order valence-corrected chi connectivity index (χ0v) is 14.0. The lowest BCUT2D eigenvalue weighted by atomic mass is 10.1. The van der Waals surface area contributed by atoms with Crippen LogP contribution in [0.15, 0.2) is 40.5 Å². The molecule has 23 heavy (non-hydrogen) atoms. The highest BCUT2D eigenvalue weighted by Crippen LogP contribution is 2.21. The van der Waals surface area contributed by atoms with Gasteiger partial charge in [-0.2, -0.15) is 0 Å². The van der Waals surface area contributed by atoms with Crippen LogP contribution in [-0.2, 0) is 4.79 Å². The highest BCUT2D eigenvalue weighted by molar-refractivity contribution is 7.13. The number of hydrogen-bond acceptors (Lipinski definition) is 4. The molecule has 1 aromatic carbocycles. The third kappa shape index (κ3) is 2.90. The lowest BCUT2D eigenvalue weighted by Gasteiger charge is -2.18. The Morgan fingerprint density at radius 2 is 2.04 bits per heavy atom. The van der Waals surface area contributed by atoms with Crippen molar-refractivity contribution in [2.75, 3.05) is 5.32 Å². The van der Waals surface area contributed by atoms with Gasteiger partial charge < -0.3 is 5.32 Å². The molecule has 0 aliphatic heterocycles. The molecule has 0 saturated heterocycles. The number of thiazole rings is 1. The van der Waals surface area contributed by atoms with E-state index in [9.17, 15) is 9.59 Å². The second kappa shape index (κ2) is 5.96. The van der Waals surface area contributed by atoms with E-state index < -0.39 is 6.04 Å². The Morgan fingerprint density at radius 3 is 2.74 bits per heavy atom. The Bertz CT molecular complexity index is 942. The van der Waals surface area contributed by atoms with Crippen LogP contribution in [-0.4, -0.2) is 15.5 Å². The maximum absolute atomic E-state index is 12.5. The SMILES string of the molecule is Cc1csc(NC(=O)C(C)n2c(=O)cc(C)c3ccccc32)n1. The molecule has 1 amide bonds.